The van der Waals surface area contributed by atoms with Crippen LogP contribution in [0.1, 0.15) is 23.6 Å². The van der Waals surface area contributed by atoms with Gasteiger partial charge >= 0.3 is 6.36 Å². The minimum atomic E-state index is -4.73. The van der Waals surface area contributed by atoms with Gasteiger partial charge < -0.3 is 10.5 Å². The highest BCUT2D eigenvalue weighted by Crippen LogP contribution is 2.28. The third-order valence-corrected chi connectivity index (χ3v) is 4.21. The Morgan fingerprint density at radius 3 is 2.37 bits per heavy atom. The van der Waals surface area contributed by atoms with E-state index >= 15 is 0 Å². The van der Waals surface area contributed by atoms with Gasteiger partial charge in [-0.15, -0.1) is 13.2 Å². The normalized spacial score (nSPS) is 12.8. The second kappa shape index (κ2) is 8.31. The van der Waals surface area contributed by atoms with Crippen molar-refractivity contribution in [2.45, 2.75) is 20.2 Å². The first kappa shape index (κ1) is 20.6. The smallest absolute Gasteiger partial charge is 0.406 e. The van der Waals surface area contributed by atoms with Crippen LogP contribution >= 0.6 is 11.6 Å². The molecule has 1 aromatic heterocycles. The fourth-order valence-electron chi connectivity index (χ4n) is 2.35. The summed E-state index contributed by atoms with van der Waals surface area (Å²) in [4.78, 5) is 4.11. The van der Waals surface area contributed by atoms with Gasteiger partial charge in [-0.25, -0.2) is 4.98 Å². The molecule has 0 saturated heterocycles. The molecule has 142 valence electrons. The molecule has 0 aliphatic carbocycles. The number of rotatable bonds is 5. The monoisotopic (exact) mass is 394 g/mol. The zero-order valence-electron chi connectivity index (χ0n) is 14.8. The molecule has 2 aromatic rings. The molecule has 0 aliphatic rings. The Labute approximate surface area is 160 Å². The van der Waals surface area contributed by atoms with Crippen LogP contribution in [-0.2, 0) is 0 Å². The molecule has 7 heteroatoms. The van der Waals surface area contributed by atoms with Crippen molar-refractivity contribution in [3.05, 3.63) is 82.8 Å². The van der Waals surface area contributed by atoms with Gasteiger partial charge in [-0.2, -0.15) is 0 Å². The number of aryl methyl sites for hydroxylation is 1. The van der Waals surface area contributed by atoms with Gasteiger partial charge in [0, 0.05) is 18.0 Å². The minimum Gasteiger partial charge on any atom is -0.406 e. The standard InChI is InChI=1S/C20H18ClF3N2O/c1-12(14(3)17-9-13(2)19(21)26-11-17)8-16(10-25)15-4-6-18(7-5-15)27-20(22,23)24/h4-11H,3,25H2,1-2H3/b12-8-,16-10+. The molecule has 0 spiro atoms. The third kappa shape index (κ3) is 5.62. The molecule has 0 aliphatic heterocycles. The largest absolute Gasteiger partial charge is 0.573 e. The third-order valence-electron chi connectivity index (χ3n) is 3.81. The van der Waals surface area contributed by atoms with Gasteiger partial charge in [-0.3, -0.25) is 0 Å². The van der Waals surface area contributed by atoms with Gasteiger partial charge in [-0.1, -0.05) is 30.3 Å². The Hall–Kier alpha value is -2.73. The van der Waals surface area contributed by atoms with Crippen molar-refractivity contribution in [1.29, 1.82) is 0 Å². The van der Waals surface area contributed by atoms with E-state index < -0.39 is 6.36 Å². The Morgan fingerprint density at radius 2 is 1.85 bits per heavy atom. The molecule has 2 N–H and O–H groups in total. The van der Waals surface area contributed by atoms with Crippen molar-refractivity contribution in [3.8, 4) is 5.75 Å². The lowest BCUT2D eigenvalue weighted by molar-refractivity contribution is -0.274. The van der Waals surface area contributed by atoms with E-state index in [1.165, 1.54) is 30.5 Å². The van der Waals surface area contributed by atoms with Crippen molar-refractivity contribution < 1.29 is 17.9 Å². The molecule has 0 fully saturated rings. The molecular formula is C20H18ClF3N2O. The first-order valence-electron chi connectivity index (χ1n) is 7.89. The first-order valence-corrected chi connectivity index (χ1v) is 8.26. The van der Waals surface area contributed by atoms with Crippen LogP contribution < -0.4 is 10.5 Å². The van der Waals surface area contributed by atoms with E-state index in [1.54, 1.807) is 12.3 Å². The maximum Gasteiger partial charge on any atom is 0.573 e. The van der Waals surface area contributed by atoms with Crippen LogP contribution in [-0.4, -0.2) is 11.3 Å². The number of nitrogens with zero attached hydrogens (tertiary/aromatic N) is 1. The Balaban J connectivity index is 2.24. The van der Waals surface area contributed by atoms with Gasteiger partial charge in [0.2, 0.25) is 0 Å². The number of hydrogen-bond donors (Lipinski definition) is 1. The average molecular weight is 395 g/mol. The average Bonchev–Trinajstić information content (AvgIpc) is 2.60. The second-order valence-corrected chi connectivity index (χ2v) is 6.19. The lowest BCUT2D eigenvalue weighted by Crippen LogP contribution is -2.17. The Bertz CT molecular complexity index is 900. The maximum absolute atomic E-state index is 12.3. The fraction of sp³-hybridized carbons (Fsp3) is 0.150. The summed E-state index contributed by atoms with van der Waals surface area (Å²) >= 11 is 5.94. The van der Waals surface area contributed by atoms with Gasteiger partial charge in [-0.05, 0) is 66.0 Å². The van der Waals surface area contributed by atoms with E-state index in [0.29, 0.717) is 16.3 Å². The van der Waals surface area contributed by atoms with Crippen LogP contribution in [0.15, 0.2) is 61.0 Å². The first-order chi connectivity index (χ1) is 12.6. The number of alkyl halides is 3. The quantitative estimate of drug-likeness (QED) is 0.507. The zero-order chi connectivity index (χ0) is 20.2. The van der Waals surface area contributed by atoms with Crippen LogP contribution in [0.3, 0.4) is 0 Å². The number of hydrogen-bond acceptors (Lipinski definition) is 3. The summed E-state index contributed by atoms with van der Waals surface area (Å²) in [6.07, 6.45) is 0.0742. The minimum absolute atomic E-state index is 0.296. The van der Waals surface area contributed by atoms with Crippen LogP contribution in [0.4, 0.5) is 13.2 Å². The van der Waals surface area contributed by atoms with Crippen molar-refractivity contribution in [2.24, 2.45) is 5.73 Å². The summed E-state index contributed by atoms with van der Waals surface area (Å²) in [5, 5.41) is 0.428. The van der Waals surface area contributed by atoms with E-state index in [1.807, 2.05) is 19.9 Å². The molecule has 3 nitrogen and oxygen atoms in total. The molecule has 1 aromatic carbocycles. The summed E-state index contributed by atoms with van der Waals surface area (Å²) in [5.74, 6) is -0.296. The number of nitrogens with two attached hydrogens (primary N) is 1. The van der Waals surface area contributed by atoms with Crippen LogP contribution in [0.25, 0.3) is 11.1 Å². The highest BCUT2D eigenvalue weighted by molar-refractivity contribution is 6.30. The van der Waals surface area contributed by atoms with Gasteiger partial charge in [0.05, 0.1) is 0 Å². The van der Waals surface area contributed by atoms with E-state index in [9.17, 15) is 13.2 Å². The van der Waals surface area contributed by atoms with Crippen LogP contribution in [0.2, 0.25) is 5.15 Å². The lowest BCUT2D eigenvalue weighted by Gasteiger charge is -2.11. The summed E-state index contributed by atoms with van der Waals surface area (Å²) in [6.45, 7) is 7.77. The number of halogens is 4. The van der Waals surface area contributed by atoms with Crippen molar-refractivity contribution in [3.63, 3.8) is 0 Å². The van der Waals surface area contributed by atoms with E-state index in [-0.39, 0.29) is 5.75 Å². The molecule has 0 radical (unpaired) electrons. The highest BCUT2D eigenvalue weighted by Gasteiger charge is 2.30. The summed E-state index contributed by atoms with van der Waals surface area (Å²) in [6, 6.07) is 7.35. The molecule has 0 saturated carbocycles. The second-order valence-electron chi connectivity index (χ2n) is 5.83. The number of benzene rings is 1. The molecule has 0 unspecified atom stereocenters. The predicted molar refractivity (Wildman–Crippen MR) is 102 cm³/mol. The van der Waals surface area contributed by atoms with E-state index in [0.717, 1.165) is 22.3 Å². The maximum atomic E-state index is 12.3. The van der Waals surface area contributed by atoms with Crippen LogP contribution in [0.5, 0.6) is 5.75 Å². The number of pyridine rings is 1. The SMILES string of the molecule is C=C(/C(C)=C\C(=C/N)c1ccc(OC(F)(F)F)cc1)c1cnc(Cl)c(C)c1. The summed E-state index contributed by atoms with van der Waals surface area (Å²) < 4.78 is 40.6. The van der Waals surface area contributed by atoms with E-state index in [2.05, 4.69) is 16.3 Å². The van der Waals surface area contributed by atoms with Gasteiger partial charge in [0.15, 0.2) is 0 Å². The van der Waals surface area contributed by atoms with Crippen molar-refractivity contribution >= 4 is 22.7 Å². The fourth-order valence-corrected chi connectivity index (χ4v) is 2.45. The Kier molecular flexibility index (Phi) is 6.33. The molecule has 0 atom stereocenters. The summed E-state index contributed by atoms with van der Waals surface area (Å²) in [7, 11) is 0. The molecule has 27 heavy (non-hydrogen) atoms. The zero-order valence-corrected chi connectivity index (χ0v) is 15.5. The number of allylic oxidation sites excluding steroid dienone is 4. The predicted octanol–water partition coefficient (Wildman–Crippen LogP) is 5.90. The lowest BCUT2D eigenvalue weighted by atomic mass is 9.97. The molecule has 0 amide bonds. The number of ether oxygens (including phenoxy) is 1. The van der Waals surface area contributed by atoms with Crippen molar-refractivity contribution in [1.82, 2.24) is 4.98 Å². The van der Waals surface area contributed by atoms with Crippen LogP contribution in [0, 0.1) is 6.92 Å². The van der Waals surface area contributed by atoms with Crippen molar-refractivity contribution in [2.75, 3.05) is 0 Å². The topological polar surface area (TPSA) is 48.1 Å². The summed E-state index contributed by atoms with van der Waals surface area (Å²) in [5.41, 5.74) is 10.2. The highest BCUT2D eigenvalue weighted by atomic mass is 35.5. The number of aromatic nitrogens is 1. The van der Waals surface area contributed by atoms with E-state index in [4.69, 9.17) is 17.3 Å². The molecular weight excluding hydrogens is 377 g/mol. The van der Waals surface area contributed by atoms with Gasteiger partial charge in [0.25, 0.3) is 0 Å². The Morgan fingerprint density at radius 1 is 1.22 bits per heavy atom. The molecule has 2 rings (SSSR count). The van der Waals surface area contributed by atoms with Gasteiger partial charge in [0.1, 0.15) is 10.9 Å². The molecule has 0 bridgehead atoms. The molecule has 1 heterocycles.